The highest BCUT2D eigenvalue weighted by Crippen LogP contribution is 2.44. The van der Waals surface area contributed by atoms with Gasteiger partial charge in [-0.3, -0.25) is 9.36 Å². The van der Waals surface area contributed by atoms with Gasteiger partial charge < -0.3 is 15.1 Å². The van der Waals surface area contributed by atoms with Gasteiger partial charge >= 0.3 is 11.9 Å². The summed E-state index contributed by atoms with van der Waals surface area (Å²) < 4.78 is 69.4. The van der Waals surface area contributed by atoms with Gasteiger partial charge in [0.15, 0.2) is 5.82 Å². The SMILES string of the molecule is CC[C@@H]1CN(c2nc(=O)n(C)c3ccc(C#N)nc23)[C@@H](CC)CN1c1c(C(F)(F)F)ccc(NC(C)=O)c1CCS(C)(=O)=O. The van der Waals surface area contributed by atoms with Crippen LogP contribution in [0.15, 0.2) is 29.1 Å². The van der Waals surface area contributed by atoms with Gasteiger partial charge in [0.25, 0.3) is 0 Å². The Morgan fingerprint density at radius 3 is 2.30 bits per heavy atom. The molecule has 2 aromatic heterocycles. The Kier molecular flexibility index (Phi) is 9.24. The molecule has 3 heterocycles. The molecule has 2 atom stereocenters. The Labute approximate surface area is 253 Å². The van der Waals surface area contributed by atoms with Gasteiger partial charge in [0.1, 0.15) is 27.1 Å². The lowest BCUT2D eigenvalue weighted by atomic mass is 9.95. The van der Waals surface area contributed by atoms with E-state index in [4.69, 9.17) is 0 Å². The summed E-state index contributed by atoms with van der Waals surface area (Å²) in [4.78, 5) is 37.1. The van der Waals surface area contributed by atoms with Crippen molar-refractivity contribution >= 4 is 44.0 Å². The Morgan fingerprint density at radius 1 is 1.09 bits per heavy atom. The largest absolute Gasteiger partial charge is 0.418 e. The Hall–Kier alpha value is -4.19. The zero-order valence-electron chi connectivity index (χ0n) is 25.1. The number of anilines is 3. The fourth-order valence-electron chi connectivity index (χ4n) is 5.69. The molecule has 1 amide bonds. The van der Waals surface area contributed by atoms with Crippen molar-refractivity contribution in [1.29, 1.82) is 5.26 Å². The monoisotopic (exact) mass is 633 g/mol. The van der Waals surface area contributed by atoms with E-state index in [0.717, 1.165) is 18.4 Å². The number of sulfone groups is 1. The summed E-state index contributed by atoms with van der Waals surface area (Å²) in [7, 11) is -2.03. The molecule has 0 bridgehead atoms. The van der Waals surface area contributed by atoms with Gasteiger partial charge in [-0.15, -0.1) is 0 Å². The number of nitrogens with one attached hydrogen (secondary N) is 1. The van der Waals surface area contributed by atoms with E-state index in [9.17, 15) is 36.4 Å². The lowest BCUT2D eigenvalue weighted by Gasteiger charge is -2.49. The van der Waals surface area contributed by atoms with Crippen molar-refractivity contribution in [1.82, 2.24) is 14.5 Å². The fourth-order valence-corrected chi connectivity index (χ4v) is 6.27. The van der Waals surface area contributed by atoms with Crippen LogP contribution >= 0.6 is 0 Å². The first-order valence-corrected chi connectivity index (χ1v) is 16.1. The second-order valence-electron chi connectivity index (χ2n) is 10.9. The number of nitrogens with zero attached hydrogens (tertiary/aromatic N) is 6. The molecule has 1 saturated heterocycles. The zero-order valence-corrected chi connectivity index (χ0v) is 25.9. The van der Waals surface area contributed by atoms with E-state index in [1.165, 1.54) is 24.6 Å². The molecular weight excluding hydrogens is 599 g/mol. The number of amides is 1. The van der Waals surface area contributed by atoms with E-state index in [0.29, 0.717) is 23.9 Å². The lowest BCUT2D eigenvalue weighted by molar-refractivity contribution is -0.137. The Morgan fingerprint density at radius 2 is 1.73 bits per heavy atom. The third kappa shape index (κ3) is 6.64. The summed E-state index contributed by atoms with van der Waals surface area (Å²) >= 11 is 0. The number of hydrogen-bond donors (Lipinski definition) is 1. The van der Waals surface area contributed by atoms with Gasteiger partial charge in [0, 0.05) is 56.7 Å². The maximum atomic E-state index is 14.6. The number of benzene rings is 1. The molecule has 3 aromatic rings. The minimum atomic E-state index is -4.78. The second-order valence-corrected chi connectivity index (χ2v) is 13.2. The Balaban J connectivity index is 1.93. The minimum absolute atomic E-state index is 0.0732. The topological polar surface area (TPSA) is 141 Å². The van der Waals surface area contributed by atoms with Crippen LogP contribution in [-0.2, 0) is 34.3 Å². The van der Waals surface area contributed by atoms with E-state index in [1.54, 1.807) is 11.0 Å². The maximum Gasteiger partial charge on any atom is 0.418 e. The fraction of sp³-hybridized carbons (Fsp3) is 0.483. The van der Waals surface area contributed by atoms with E-state index < -0.39 is 51.0 Å². The molecule has 0 spiro atoms. The van der Waals surface area contributed by atoms with Crippen molar-refractivity contribution in [2.45, 2.75) is 58.3 Å². The van der Waals surface area contributed by atoms with Crippen LogP contribution in [0, 0.1) is 11.3 Å². The number of nitriles is 1. The number of rotatable bonds is 8. The number of carbonyl (C=O) groups is 1. The van der Waals surface area contributed by atoms with Crippen molar-refractivity contribution < 1.29 is 26.4 Å². The van der Waals surface area contributed by atoms with Crippen LogP contribution in [0.3, 0.4) is 0 Å². The Bertz CT molecular complexity index is 1800. The number of hydrogen-bond acceptors (Lipinski definition) is 9. The predicted octanol–water partition coefficient (Wildman–Crippen LogP) is 3.65. The quantitative estimate of drug-likeness (QED) is 0.394. The van der Waals surface area contributed by atoms with Crippen molar-refractivity contribution in [3.05, 3.63) is 51.6 Å². The van der Waals surface area contributed by atoms with Crippen molar-refractivity contribution in [2.75, 3.05) is 40.2 Å². The molecule has 11 nitrogen and oxygen atoms in total. The van der Waals surface area contributed by atoms with E-state index in [2.05, 4.69) is 15.3 Å². The van der Waals surface area contributed by atoms with Gasteiger partial charge in [0.2, 0.25) is 5.91 Å². The van der Waals surface area contributed by atoms with Crippen molar-refractivity contribution in [3.63, 3.8) is 0 Å². The highest BCUT2D eigenvalue weighted by molar-refractivity contribution is 7.90. The number of piperazine rings is 1. The first kappa shape index (κ1) is 32.7. The summed E-state index contributed by atoms with van der Waals surface area (Å²) in [5.74, 6) is -0.684. The average molecular weight is 634 g/mol. The van der Waals surface area contributed by atoms with Crippen LogP contribution in [0.1, 0.15) is 50.4 Å². The molecule has 0 radical (unpaired) electrons. The molecule has 1 aliphatic heterocycles. The van der Waals surface area contributed by atoms with E-state index in [1.807, 2.05) is 24.8 Å². The van der Waals surface area contributed by atoms with Gasteiger partial charge in [-0.05, 0) is 43.5 Å². The van der Waals surface area contributed by atoms with Crippen LogP contribution in [-0.4, -0.2) is 66.0 Å². The van der Waals surface area contributed by atoms with Gasteiger partial charge in [-0.1, -0.05) is 13.8 Å². The normalized spacial score (nSPS) is 17.5. The van der Waals surface area contributed by atoms with Gasteiger partial charge in [0.05, 0.1) is 22.5 Å². The molecule has 1 aromatic carbocycles. The molecule has 236 valence electrons. The molecule has 1 N–H and O–H groups in total. The highest BCUT2D eigenvalue weighted by atomic mass is 32.2. The summed E-state index contributed by atoms with van der Waals surface area (Å²) in [5.41, 5.74) is -0.562. The molecule has 44 heavy (non-hydrogen) atoms. The molecule has 15 heteroatoms. The number of fused-ring (bicyclic) bond motifs is 1. The first-order chi connectivity index (χ1) is 20.6. The number of pyridine rings is 1. The van der Waals surface area contributed by atoms with Crippen molar-refractivity contribution in [2.24, 2.45) is 7.05 Å². The van der Waals surface area contributed by atoms with Gasteiger partial charge in [-0.25, -0.2) is 18.2 Å². The summed E-state index contributed by atoms with van der Waals surface area (Å²) in [6.07, 6.45) is -3.17. The standard InChI is InChI=1S/C29H34F3N7O4S/c1-6-19-16-39(27-25-24(37(4)28(41)36-27)11-8-18(14-33)35-25)20(7-2)15-38(19)26-21(12-13-44(5,42)43)23(34-17(3)40)10-9-22(26)29(30,31)32/h8-11,19-20H,6-7,12-13,15-16H2,1-5H3,(H,34,40)/t19-,20+/m1/s1. The van der Waals surface area contributed by atoms with Crippen LogP contribution < -0.4 is 20.8 Å². The molecule has 4 rings (SSSR count). The summed E-state index contributed by atoms with van der Waals surface area (Å²) in [5, 5.41) is 12.1. The maximum absolute atomic E-state index is 14.6. The van der Waals surface area contributed by atoms with Crippen LogP contribution in [0.25, 0.3) is 11.0 Å². The number of aromatic nitrogens is 3. The first-order valence-electron chi connectivity index (χ1n) is 14.1. The second kappa shape index (κ2) is 12.4. The molecule has 1 aliphatic rings. The minimum Gasteiger partial charge on any atom is -0.364 e. The third-order valence-electron chi connectivity index (χ3n) is 7.87. The van der Waals surface area contributed by atoms with E-state index in [-0.39, 0.29) is 48.0 Å². The van der Waals surface area contributed by atoms with Crippen molar-refractivity contribution in [3.8, 4) is 6.07 Å². The highest BCUT2D eigenvalue weighted by Gasteiger charge is 2.42. The molecule has 0 aliphatic carbocycles. The predicted molar refractivity (Wildman–Crippen MR) is 162 cm³/mol. The zero-order chi connectivity index (χ0) is 32.6. The molecule has 1 fully saturated rings. The van der Waals surface area contributed by atoms with Gasteiger partial charge in [-0.2, -0.15) is 23.4 Å². The van der Waals surface area contributed by atoms with Crippen LogP contribution in [0.2, 0.25) is 0 Å². The lowest BCUT2D eigenvalue weighted by Crippen LogP contribution is -2.59. The average Bonchev–Trinajstić information content (AvgIpc) is 2.95. The van der Waals surface area contributed by atoms with E-state index >= 15 is 0 Å². The summed E-state index contributed by atoms with van der Waals surface area (Å²) in [6.45, 7) is 5.15. The smallest absolute Gasteiger partial charge is 0.364 e. The number of alkyl halides is 3. The summed E-state index contributed by atoms with van der Waals surface area (Å²) in [6, 6.07) is 6.19. The third-order valence-corrected chi connectivity index (χ3v) is 8.82. The molecular formula is C29H34F3N7O4S. The van der Waals surface area contributed by atoms with Crippen LogP contribution in [0.5, 0.6) is 0 Å². The van der Waals surface area contributed by atoms with Crippen LogP contribution in [0.4, 0.5) is 30.4 Å². The molecule has 0 unspecified atom stereocenters. The number of halogens is 3. The number of aryl methyl sites for hydroxylation is 1. The number of carbonyl (C=O) groups excluding carboxylic acids is 1. The molecule has 0 saturated carbocycles.